The number of amides is 2. The van der Waals surface area contributed by atoms with Crippen LogP contribution >= 0.6 is 0 Å². The second kappa shape index (κ2) is 9.34. The van der Waals surface area contributed by atoms with Gasteiger partial charge in [0.2, 0.25) is 15.9 Å². The van der Waals surface area contributed by atoms with Gasteiger partial charge in [0.1, 0.15) is 12.3 Å². The van der Waals surface area contributed by atoms with Crippen LogP contribution < -0.4 is 9.64 Å². The summed E-state index contributed by atoms with van der Waals surface area (Å²) in [6, 6.07) is 4.55. The summed E-state index contributed by atoms with van der Waals surface area (Å²) in [5, 5.41) is 0. The van der Waals surface area contributed by atoms with Gasteiger partial charge in [-0.2, -0.15) is 4.31 Å². The molecule has 5 rings (SSSR count). The van der Waals surface area contributed by atoms with E-state index in [1.54, 1.807) is 11.0 Å². The van der Waals surface area contributed by atoms with Gasteiger partial charge in [0.05, 0.1) is 23.8 Å². The number of ether oxygens (including phenoxy) is 3. The fourth-order valence-electron chi connectivity index (χ4n) is 5.58. The van der Waals surface area contributed by atoms with Crippen LogP contribution in [0.2, 0.25) is 0 Å². The summed E-state index contributed by atoms with van der Waals surface area (Å²) in [5.41, 5.74) is 0.310. The molecule has 0 aliphatic carbocycles. The molecule has 3 fully saturated rings. The predicted octanol–water partition coefficient (Wildman–Crippen LogP) is 1.44. The average Bonchev–Trinajstić information content (AvgIpc) is 3.28. The Morgan fingerprint density at radius 2 is 1.74 bits per heavy atom. The zero-order chi connectivity index (χ0) is 24.8. The van der Waals surface area contributed by atoms with Gasteiger partial charge in [-0.1, -0.05) is 13.8 Å². The van der Waals surface area contributed by atoms with E-state index in [1.807, 2.05) is 0 Å². The highest BCUT2D eigenvalue weighted by molar-refractivity contribution is 7.89. The Hall–Kier alpha value is -2.21. The molecule has 4 aliphatic heterocycles. The average molecular weight is 508 g/mol. The minimum absolute atomic E-state index is 0.101. The Bertz CT molecular complexity index is 1080. The third kappa shape index (κ3) is 4.78. The van der Waals surface area contributed by atoms with Gasteiger partial charge in [0.15, 0.2) is 12.4 Å². The van der Waals surface area contributed by atoms with Crippen LogP contribution in [-0.2, 0) is 29.1 Å². The fourth-order valence-corrected chi connectivity index (χ4v) is 7.28. The van der Waals surface area contributed by atoms with E-state index in [4.69, 9.17) is 14.2 Å². The smallest absolute Gasteiger partial charge is 0.265 e. The number of piperidine rings is 2. The number of benzene rings is 1. The molecule has 3 saturated heterocycles. The van der Waals surface area contributed by atoms with Crippen molar-refractivity contribution in [1.82, 2.24) is 9.21 Å². The highest BCUT2D eigenvalue weighted by atomic mass is 32.2. The van der Waals surface area contributed by atoms with Gasteiger partial charge in [0, 0.05) is 39.0 Å². The van der Waals surface area contributed by atoms with Crippen molar-refractivity contribution in [2.24, 2.45) is 11.8 Å². The molecule has 0 N–H and O–H groups in total. The first-order valence-corrected chi connectivity index (χ1v) is 13.7. The quantitative estimate of drug-likeness (QED) is 0.607. The third-order valence-electron chi connectivity index (χ3n) is 7.33. The van der Waals surface area contributed by atoms with E-state index in [1.165, 1.54) is 21.3 Å². The second-order valence-electron chi connectivity index (χ2n) is 10.2. The first kappa shape index (κ1) is 24.5. The number of likely N-dealkylation sites (tertiary alicyclic amines) is 1. The molecule has 11 heteroatoms. The molecule has 10 nitrogen and oxygen atoms in total. The molecular formula is C24H33N3O7S. The van der Waals surface area contributed by atoms with Gasteiger partial charge >= 0.3 is 0 Å². The maximum absolute atomic E-state index is 13.4. The van der Waals surface area contributed by atoms with Crippen molar-refractivity contribution in [2.45, 2.75) is 43.8 Å². The van der Waals surface area contributed by atoms with Crippen LogP contribution in [0.5, 0.6) is 5.75 Å². The monoisotopic (exact) mass is 507 g/mol. The maximum atomic E-state index is 13.4. The van der Waals surface area contributed by atoms with Crippen LogP contribution in [0, 0.1) is 11.8 Å². The number of rotatable bonds is 4. The van der Waals surface area contributed by atoms with Crippen molar-refractivity contribution >= 4 is 27.5 Å². The minimum atomic E-state index is -3.75. The lowest BCUT2D eigenvalue weighted by Gasteiger charge is -2.38. The lowest BCUT2D eigenvalue weighted by molar-refractivity contribution is -0.187. The molecule has 1 aromatic rings. The Morgan fingerprint density at radius 3 is 2.40 bits per heavy atom. The van der Waals surface area contributed by atoms with Gasteiger partial charge in [0.25, 0.3) is 5.91 Å². The summed E-state index contributed by atoms with van der Waals surface area (Å²) in [5.74, 6) is -0.238. The molecule has 1 aromatic carbocycles. The number of hydrogen-bond donors (Lipinski definition) is 0. The summed E-state index contributed by atoms with van der Waals surface area (Å²) in [7, 11) is -3.75. The molecule has 1 spiro atoms. The Labute approximate surface area is 206 Å². The van der Waals surface area contributed by atoms with E-state index in [0.29, 0.717) is 63.7 Å². The third-order valence-corrected chi connectivity index (χ3v) is 9.16. The molecule has 35 heavy (non-hydrogen) atoms. The van der Waals surface area contributed by atoms with Crippen LogP contribution in [0.3, 0.4) is 0 Å². The van der Waals surface area contributed by atoms with Crippen LogP contribution in [0.4, 0.5) is 5.69 Å². The molecule has 0 aromatic heterocycles. The van der Waals surface area contributed by atoms with Crippen molar-refractivity contribution in [2.75, 3.05) is 57.4 Å². The van der Waals surface area contributed by atoms with E-state index in [-0.39, 0.29) is 41.7 Å². The molecule has 192 valence electrons. The van der Waals surface area contributed by atoms with E-state index >= 15 is 0 Å². The zero-order valence-electron chi connectivity index (χ0n) is 20.3. The maximum Gasteiger partial charge on any atom is 0.265 e. The predicted molar refractivity (Wildman–Crippen MR) is 126 cm³/mol. The van der Waals surface area contributed by atoms with Gasteiger partial charge in [-0.25, -0.2) is 8.42 Å². The molecule has 4 heterocycles. The summed E-state index contributed by atoms with van der Waals surface area (Å²) in [6.07, 6.45) is 2.16. The van der Waals surface area contributed by atoms with Crippen LogP contribution in [-0.4, -0.2) is 87.8 Å². The zero-order valence-corrected chi connectivity index (χ0v) is 21.1. The van der Waals surface area contributed by atoms with Gasteiger partial charge in [-0.3, -0.25) is 14.5 Å². The summed E-state index contributed by atoms with van der Waals surface area (Å²) in [6.45, 7) is 6.74. The summed E-state index contributed by atoms with van der Waals surface area (Å²) < 4.78 is 45.4. The number of fused-ring (bicyclic) bond motifs is 1. The minimum Gasteiger partial charge on any atom is -0.482 e. The van der Waals surface area contributed by atoms with Crippen LogP contribution in [0.1, 0.15) is 33.1 Å². The second-order valence-corrected chi connectivity index (χ2v) is 12.1. The van der Waals surface area contributed by atoms with E-state index in [2.05, 4.69) is 13.8 Å². The Morgan fingerprint density at radius 1 is 1.09 bits per heavy atom. The number of anilines is 1. The molecule has 2 amide bonds. The molecule has 2 atom stereocenters. The number of carbonyl (C=O) groups excluding carboxylic acids is 2. The molecule has 0 radical (unpaired) electrons. The molecule has 0 unspecified atom stereocenters. The SMILES string of the molecule is C[C@H]1C[C@H](C)CN(S(=O)(=O)c2ccc3c(c2)N(CC(=O)N2CCC4(CC2)OCCO4)C(=O)CO3)C1. The highest BCUT2D eigenvalue weighted by Crippen LogP contribution is 2.37. The molecular weight excluding hydrogens is 474 g/mol. The van der Waals surface area contributed by atoms with Gasteiger partial charge < -0.3 is 19.1 Å². The van der Waals surface area contributed by atoms with Crippen molar-refractivity contribution in [3.05, 3.63) is 18.2 Å². The van der Waals surface area contributed by atoms with Crippen molar-refractivity contribution in [3.63, 3.8) is 0 Å². The van der Waals surface area contributed by atoms with E-state index < -0.39 is 15.8 Å². The molecule has 4 aliphatic rings. The Balaban J connectivity index is 1.34. The number of hydrogen-bond acceptors (Lipinski definition) is 7. The molecule has 0 saturated carbocycles. The fraction of sp³-hybridized carbons (Fsp3) is 0.667. The van der Waals surface area contributed by atoms with Crippen LogP contribution in [0.15, 0.2) is 23.1 Å². The topological polar surface area (TPSA) is 106 Å². The largest absolute Gasteiger partial charge is 0.482 e. The molecule has 0 bridgehead atoms. The number of nitrogens with zero attached hydrogens (tertiary/aromatic N) is 3. The van der Waals surface area contributed by atoms with Crippen LogP contribution in [0.25, 0.3) is 0 Å². The standard InChI is InChI=1S/C24H33N3O7S/c1-17-11-18(2)14-26(13-17)35(30,31)19-3-4-21-20(12-19)27(23(29)16-32-21)15-22(28)25-7-5-24(6-8-25)33-9-10-34-24/h3-4,12,17-18H,5-11,13-16H2,1-2H3/t17-,18-/m0/s1. The normalized spacial score (nSPS) is 27.1. The lowest BCUT2D eigenvalue weighted by Crippen LogP contribution is -2.51. The van der Waals surface area contributed by atoms with Crippen molar-refractivity contribution in [1.29, 1.82) is 0 Å². The van der Waals surface area contributed by atoms with E-state index in [0.717, 1.165) is 6.42 Å². The lowest BCUT2D eigenvalue weighted by atomic mass is 9.94. The number of sulfonamides is 1. The summed E-state index contributed by atoms with van der Waals surface area (Å²) in [4.78, 5) is 29.0. The first-order chi connectivity index (χ1) is 16.7. The van der Waals surface area contributed by atoms with E-state index in [9.17, 15) is 18.0 Å². The van der Waals surface area contributed by atoms with Crippen molar-refractivity contribution in [3.8, 4) is 5.75 Å². The van der Waals surface area contributed by atoms with Crippen molar-refractivity contribution < 1.29 is 32.2 Å². The van der Waals surface area contributed by atoms with Gasteiger partial charge in [-0.15, -0.1) is 0 Å². The Kier molecular flexibility index (Phi) is 6.54. The number of carbonyl (C=O) groups is 2. The first-order valence-electron chi connectivity index (χ1n) is 12.3. The van der Waals surface area contributed by atoms with Gasteiger partial charge in [-0.05, 0) is 36.5 Å². The highest BCUT2D eigenvalue weighted by Gasteiger charge is 2.41. The summed E-state index contributed by atoms with van der Waals surface area (Å²) >= 11 is 0.